The predicted octanol–water partition coefficient (Wildman–Crippen LogP) is 2.24. The van der Waals surface area contributed by atoms with Gasteiger partial charge in [0.05, 0.1) is 5.02 Å². The molecular weight excluding hydrogens is 186 g/mol. The molecule has 0 fully saturated rings. The zero-order valence-corrected chi connectivity index (χ0v) is 8.06. The molecule has 0 aliphatic carbocycles. The molecule has 1 rings (SSSR count). The van der Waals surface area contributed by atoms with Crippen molar-refractivity contribution in [2.75, 3.05) is 12.3 Å². The van der Waals surface area contributed by atoms with Crippen LogP contribution in [0.25, 0.3) is 0 Å². The van der Waals surface area contributed by atoms with E-state index < -0.39 is 0 Å². The van der Waals surface area contributed by atoms with E-state index in [0.717, 1.165) is 5.56 Å². The molecule has 2 nitrogen and oxygen atoms in total. The van der Waals surface area contributed by atoms with Crippen LogP contribution in [0.3, 0.4) is 0 Å². The van der Waals surface area contributed by atoms with Crippen molar-refractivity contribution in [1.29, 1.82) is 0 Å². The monoisotopic (exact) mass is 195 g/mol. The van der Waals surface area contributed by atoms with E-state index in [9.17, 15) is 0 Å². The Hall–Kier alpha value is -1.33. The Kier molecular flexibility index (Phi) is 3.05. The van der Waals surface area contributed by atoms with E-state index >= 15 is 0 Å². The zero-order valence-electron chi connectivity index (χ0n) is 7.30. The number of nitrogens with two attached hydrogens (primary N) is 1. The summed E-state index contributed by atoms with van der Waals surface area (Å²) >= 11 is 5.86. The van der Waals surface area contributed by atoms with Crippen molar-refractivity contribution in [3.05, 3.63) is 22.7 Å². The first-order valence-corrected chi connectivity index (χ1v) is 4.15. The SMILES string of the molecule is C#CCOc1cc(C)c(N)cc1Cl. The van der Waals surface area contributed by atoms with Gasteiger partial charge >= 0.3 is 0 Å². The minimum absolute atomic E-state index is 0.211. The first-order valence-electron chi connectivity index (χ1n) is 3.77. The van der Waals surface area contributed by atoms with Crippen LogP contribution < -0.4 is 10.5 Å². The van der Waals surface area contributed by atoms with Gasteiger partial charge in [0, 0.05) is 5.69 Å². The summed E-state index contributed by atoms with van der Waals surface area (Å²) in [4.78, 5) is 0. The molecule has 0 aromatic heterocycles. The Balaban J connectivity index is 2.96. The van der Waals surface area contributed by atoms with Gasteiger partial charge in [0.15, 0.2) is 0 Å². The maximum absolute atomic E-state index is 5.86. The molecule has 0 aliphatic heterocycles. The minimum atomic E-state index is 0.211. The Morgan fingerprint density at radius 1 is 1.62 bits per heavy atom. The van der Waals surface area contributed by atoms with Crippen molar-refractivity contribution in [2.45, 2.75) is 6.92 Å². The van der Waals surface area contributed by atoms with Crippen LogP contribution in [0.5, 0.6) is 5.75 Å². The molecule has 1 aromatic carbocycles. The van der Waals surface area contributed by atoms with Gasteiger partial charge in [0.1, 0.15) is 12.4 Å². The Morgan fingerprint density at radius 2 is 2.31 bits per heavy atom. The van der Waals surface area contributed by atoms with Crippen LogP contribution in [0.4, 0.5) is 5.69 Å². The normalized spacial score (nSPS) is 9.31. The van der Waals surface area contributed by atoms with Gasteiger partial charge in [-0.1, -0.05) is 17.5 Å². The van der Waals surface area contributed by atoms with E-state index in [2.05, 4.69) is 5.92 Å². The quantitative estimate of drug-likeness (QED) is 0.580. The van der Waals surface area contributed by atoms with Gasteiger partial charge in [0.2, 0.25) is 0 Å². The maximum Gasteiger partial charge on any atom is 0.148 e. The van der Waals surface area contributed by atoms with E-state index in [1.807, 2.05) is 6.92 Å². The maximum atomic E-state index is 5.86. The fourth-order valence-corrected chi connectivity index (χ4v) is 1.13. The molecule has 1 aromatic rings. The van der Waals surface area contributed by atoms with Gasteiger partial charge in [-0.2, -0.15) is 0 Å². The minimum Gasteiger partial charge on any atom is -0.479 e. The number of benzene rings is 1. The highest BCUT2D eigenvalue weighted by Gasteiger charge is 2.03. The third-order valence-electron chi connectivity index (χ3n) is 1.63. The predicted molar refractivity (Wildman–Crippen MR) is 54.9 cm³/mol. The van der Waals surface area contributed by atoms with Crippen LogP contribution >= 0.6 is 11.6 Å². The number of hydrogen-bond acceptors (Lipinski definition) is 2. The first-order chi connectivity index (χ1) is 6.15. The molecule has 2 N–H and O–H groups in total. The van der Waals surface area contributed by atoms with Crippen molar-refractivity contribution in [1.82, 2.24) is 0 Å². The van der Waals surface area contributed by atoms with Gasteiger partial charge in [-0.15, -0.1) is 6.42 Å². The highest BCUT2D eigenvalue weighted by Crippen LogP contribution is 2.29. The lowest BCUT2D eigenvalue weighted by atomic mass is 10.2. The van der Waals surface area contributed by atoms with Crippen LogP contribution in [0.15, 0.2) is 12.1 Å². The van der Waals surface area contributed by atoms with Crippen molar-refractivity contribution in [3.8, 4) is 18.1 Å². The van der Waals surface area contributed by atoms with Crippen molar-refractivity contribution in [2.24, 2.45) is 0 Å². The van der Waals surface area contributed by atoms with Crippen molar-refractivity contribution < 1.29 is 4.74 Å². The summed E-state index contributed by atoms with van der Waals surface area (Å²) < 4.78 is 5.20. The molecule has 0 saturated heterocycles. The lowest BCUT2D eigenvalue weighted by Gasteiger charge is -2.07. The first kappa shape index (κ1) is 9.76. The fourth-order valence-electron chi connectivity index (χ4n) is 0.900. The van der Waals surface area contributed by atoms with Gasteiger partial charge < -0.3 is 10.5 Å². The van der Waals surface area contributed by atoms with E-state index in [-0.39, 0.29) is 6.61 Å². The van der Waals surface area contributed by atoms with Gasteiger partial charge in [-0.25, -0.2) is 0 Å². The number of anilines is 1. The molecule has 0 saturated carbocycles. The van der Waals surface area contributed by atoms with Crippen LogP contribution in [-0.2, 0) is 0 Å². The number of halogens is 1. The molecule has 0 spiro atoms. The summed E-state index contributed by atoms with van der Waals surface area (Å²) in [6, 6.07) is 3.43. The largest absolute Gasteiger partial charge is 0.479 e. The van der Waals surface area contributed by atoms with Crippen LogP contribution in [-0.4, -0.2) is 6.61 Å². The highest BCUT2D eigenvalue weighted by atomic mass is 35.5. The molecule has 0 radical (unpaired) electrons. The average Bonchev–Trinajstić information content (AvgIpc) is 2.09. The molecule has 3 heteroatoms. The van der Waals surface area contributed by atoms with Gasteiger partial charge in [-0.05, 0) is 24.6 Å². The molecule has 0 amide bonds. The summed E-state index contributed by atoms with van der Waals surface area (Å²) in [5.41, 5.74) is 7.22. The summed E-state index contributed by atoms with van der Waals surface area (Å²) in [6.45, 7) is 2.09. The number of ether oxygens (including phenoxy) is 1. The van der Waals surface area contributed by atoms with E-state index in [1.165, 1.54) is 0 Å². The van der Waals surface area contributed by atoms with E-state index in [0.29, 0.717) is 16.5 Å². The number of nitrogen functional groups attached to an aromatic ring is 1. The molecule has 0 heterocycles. The molecule has 0 aliphatic rings. The van der Waals surface area contributed by atoms with E-state index in [1.54, 1.807) is 12.1 Å². The van der Waals surface area contributed by atoms with Gasteiger partial charge in [-0.3, -0.25) is 0 Å². The fraction of sp³-hybridized carbons (Fsp3) is 0.200. The van der Waals surface area contributed by atoms with Crippen molar-refractivity contribution in [3.63, 3.8) is 0 Å². The lowest BCUT2D eigenvalue weighted by molar-refractivity contribution is 0.370. The number of hydrogen-bond donors (Lipinski definition) is 1. The topological polar surface area (TPSA) is 35.2 Å². The summed E-state index contributed by atoms with van der Waals surface area (Å²) in [5.74, 6) is 2.94. The Morgan fingerprint density at radius 3 is 2.92 bits per heavy atom. The second kappa shape index (κ2) is 4.06. The molecule has 0 bridgehead atoms. The summed E-state index contributed by atoms with van der Waals surface area (Å²) in [7, 11) is 0. The second-order valence-electron chi connectivity index (χ2n) is 2.63. The highest BCUT2D eigenvalue weighted by molar-refractivity contribution is 6.32. The van der Waals surface area contributed by atoms with Gasteiger partial charge in [0.25, 0.3) is 0 Å². The summed E-state index contributed by atoms with van der Waals surface area (Å²) in [6.07, 6.45) is 5.05. The standard InChI is InChI=1S/C10H10ClNO/c1-3-4-13-10-5-7(2)9(12)6-8(10)11/h1,5-6H,4,12H2,2H3. The molecule has 0 atom stereocenters. The lowest BCUT2D eigenvalue weighted by Crippen LogP contribution is -1.96. The Bertz CT molecular complexity index is 355. The number of aryl methyl sites for hydroxylation is 1. The zero-order chi connectivity index (χ0) is 9.84. The summed E-state index contributed by atoms with van der Waals surface area (Å²) in [5, 5.41) is 0.485. The van der Waals surface area contributed by atoms with Crippen LogP contribution in [0, 0.1) is 19.3 Å². The van der Waals surface area contributed by atoms with E-state index in [4.69, 9.17) is 28.5 Å². The Labute approximate surface area is 82.6 Å². The number of rotatable bonds is 2. The van der Waals surface area contributed by atoms with Crippen LogP contribution in [0.2, 0.25) is 5.02 Å². The molecule has 13 heavy (non-hydrogen) atoms. The average molecular weight is 196 g/mol. The number of terminal acetylenes is 1. The third-order valence-corrected chi connectivity index (χ3v) is 1.93. The second-order valence-corrected chi connectivity index (χ2v) is 3.04. The molecule has 0 unspecified atom stereocenters. The molecule has 68 valence electrons. The molecular formula is C10H10ClNO. The third kappa shape index (κ3) is 2.30. The van der Waals surface area contributed by atoms with Crippen molar-refractivity contribution >= 4 is 17.3 Å². The van der Waals surface area contributed by atoms with Crippen LogP contribution in [0.1, 0.15) is 5.56 Å². The smallest absolute Gasteiger partial charge is 0.148 e.